The molecule has 9 heteroatoms. The highest BCUT2D eigenvalue weighted by Gasteiger charge is 2.17. The third-order valence-corrected chi connectivity index (χ3v) is 5.39. The Labute approximate surface area is 170 Å². The van der Waals surface area contributed by atoms with Gasteiger partial charge in [0.05, 0.1) is 29.8 Å². The number of ether oxygens (including phenoxy) is 1. The van der Waals surface area contributed by atoms with Gasteiger partial charge >= 0.3 is 0 Å². The molecular weight excluding hydrogens is 394 g/mol. The number of anilines is 2. The average molecular weight is 420 g/mol. The van der Waals surface area contributed by atoms with Gasteiger partial charge in [-0.15, -0.1) is 0 Å². The molecule has 0 bridgehead atoms. The molecule has 0 aliphatic heterocycles. The fourth-order valence-electron chi connectivity index (χ4n) is 2.73. The minimum Gasteiger partial charge on any atom is -0.383 e. The number of benzene rings is 2. The number of para-hydroxylation sites is 1. The van der Waals surface area contributed by atoms with Crippen LogP contribution in [-0.2, 0) is 14.8 Å². The zero-order chi connectivity index (χ0) is 21.4. The van der Waals surface area contributed by atoms with Gasteiger partial charge in [-0.25, -0.2) is 8.42 Å². The molecule has 0 atom stereocenters. The number of nitrogens with zero attached hydrogens (tertiary/aromatic N) is 1. The lowest BCUT2D eigenvalue weighted by atomic mass is 10.1. The zero-order valence-electron chi connectivity index (χ0n) is 16.6. The van der Waals surface area contributed by atoms with Crippen LogP contribution in [0.2, 0.25) is 0 Å². The van der Waals surface area contributed by atoms with Crippen molar-refractivity contribution >= 4 is 33.2 Å². The van der Waals surface area contributed by atoms with Gasteiger partial charge in [-0.1, -0.05) is 12.1 Å². The minimum atomic E-state index is -3.40. The quantitative estimate of drug-likeness (QED) is 0.606. The van der Waals surface area contributed by atoms with E-state index < -0.39 is 15.9 Å². The van der Waals surface area contributed by atoms with E-state index in [1.54, 1.807) is 62.6 Å². The number of sulfonamides is 1. The Morgan fingerprint density at radius 2 is 1.69 bits per heavy atom. The summed E-state index contributed by atoms with van der Waals surface area (Å²) in [5.41, 5.74) is 1.53. The number of hydrogen-bond acceptors (Lipinski definition) is 5. The highest BCUT2D eigenvalue weighted by atomic mass is 32.2. The number of amides is 2. The van der Waals surface area contributed by atoms with Crippen molar-refractivity contribution in [1.29, 1.82) is 0 Å². The molecule has 0 unspecified atom stereocenters. The molecular formula is C20H25N3O5S. The SMILES string of the molecule is CCN(c1ccc(C(=O)Nc2ccccc2C(=O)NCCOC)cc1)S(C)(=O)=O. The van der Waals surface area contributed by atoms with E-state index in [-0.39, 0.29) is 12.5 Å². The van der Waals surface area contributed by atoms with Gasteiger partial charge in [0, 0.05) is 25.8 Å². The molecule has 29 heavy (non-hydrogen) atoms. The van der Waals surface area contributed by atoms with Crippen LogP contribution in [-0.4, -0.2) is 53.3 Å². The van der Waals surface area contributed by atoms with Crippen molar-refractivity contribution in [3.63, 3.8) is 0 Å². The van der Waals surface area contributed by atoms with Crippen molar-refractivity contribution in [2.75, 3.05) is 42.7 Å². The van der Waals surface area contributed by atoms with Gasteiger partial charge in [0.1, 0.15) is 0 Å². The Hall–Kier alpha value is -2.91. The molecule has 0 aromatic heterocycles. The zero-order valence-corrected chi connectivity index (χ0v) is 17.5. The van der Waals surface area contributed by atoms with Crippen LogP contribution in [0.25, 0.3) is 0 Å². The minimum absolute atomic E-state index is 0.288. The molecule has 0 aliphatic carbocycles. The van der Waals surface area contributed by atoms with E-state index in [1.807, 2.05) is 0 Å². The van der Waals surface area contributed by atoms with Gasteiger partial charge in [-0.05, 0) is 43.3 Å². The predicted octanol–water partition coefficient (Wildman–Crippen LogP) is 2.10. The van der Waals surface area contributed by atoms with Crippen LogP contribution in [0.1, 0.15) is 27.6 Å². The number of carbonyl (C=O) groups excluding carboxylic acids is 2. The van der Waals surface area contributed by atoms with Crippen molar-refractivity contribution in [2.45, 2.75) is 6.92 Å². The summed E-state index contributed by atoms with van der Waals surface area (Å²) in [5.74, 6) is -0.726. The monoisotopic (exact) mass is 419 g/mol. The normalized spacial score (nSPS) is 11.0. The second kappa shape index (κ2) is 10.0. The van der Waals surface area contributed by atoms with Gasteiger partial charge in [-0.3, -0.25) is 13.9 Å². The topological polar surface area (TPSA) is 105 Å². The molecule has 0 radical (unpaired) electrons. The fourth-order valence-corrected chi connectivity index (χ4v) is 3.71. The Balaban J connectivity index is 2.16. The fraction of sp³-hybridized carbons (Fsp3) is 0.300. The lowest BCUT2D eigenvalue weighted by Gasteiger charge is -2.20. The van der Waals surface area contributed by atoms with Crippen LogP contribution in [0.5, 0.6) is 0 Å². The van der Waals surface area contributed by atoms with Crippen LogP contribution in [0.3, 0.4) is 0 Å². The Kier molecular flexibility index (Phi) is 7.74. The molecule has 0 saturated carbocycles. The Bertz CT molecular complexity index is 958. The molecule has 2 aromatic carbocycles. The summed E-state index contributed by atoms with van der Waals surface area (Å²) in [6.07, 6.45) is 1.13. The molecule has 2 N–H and O–H groups in total. The standard InChI is InChI=1S/C20H25N3O5S/c1-4-23(29(3,26)27)16-11-9-15(10-12-16)19(24)22-18-8-6-5-7-17(18)20(25)21-13-14-28-2/h5-12H,4,13-14H2,1-3H3,(H,21,25)(H,22,24). The molecule has 2 amide bonds. The van der Waals surface area contributed by atoms with Gasteiger partial charge in [0.2, 0.25) is 10.0 Å². The van der Waals surface area contributed by atoms with E-state index in [1.165, 1.54) is 4.31 Å². The van der Waals surface area contributed by atoms with Crippen LogP contribution in [0, 0.1) is 0 Å². The van der Waals surface area contributed by atoms with Crippen LogP contribution < -0.4 is 14.9 Å². The third-order valence-electron chi connectivity index (χ3n) is 4.12. The maximum atomic E-state index is 12.6. The van der Waals surface area contributed by atoms with E-state index >= 15 is 0 Å². The second-order valence-corrected chi connectivity index (χ2v) is 8.13. The van der Waals surface area contributed by atoms with Gasteiger partial charge in [0.25, 0.3) is 11.8 Å². The van der Waals surface area contributed by atoms with E-state index in [4.69, 9.17) is 4.74 Å². The maximum Gasteiger partial charge on any atom is 0.255 e. The van der Waals surface area contributed by atoms with Crippen molar-refractivity contribution in [3.05, 3.63) is 59.7 Å². The number of rotatable bonds is 9. The van der Waals surface area contributed by atoms with E-state index in [0.717, 1.165) is 6.26 Å². The summed E-state index contributed by atoms with van der Waals surface area (Å²) >= 11 is 0. The Morgan fingerprint density at radius 3 is 2.28 bits per heavy atom. The molecule has 0 heterocycles. The molecule has 156 valence electrons. The number of carbonyl (C=O) groups is 2. The number of nitrogens with one attached hydrogen (secondary N) is 2. The second-order valence-electron chi connectivity index (χ2n) is 6.22. The third kappa shape index (κ3) is 6.03. The predicted molar refractivity (Wildman–Crippen MR) is 113 cm³/mol. The number of hydrogen-bond donors (Lipinski definition) is 2. The largest absolute Gasteiger partial charge is 0.383 e. The first-order chi connectivity index (χ1) is 13.8. The lowest BCUT2D eigenvalue weighted by Crippen LogP contribution is -2.29. The van der Waals surface area contributed by atoms with Crippen molar-refractivity contribution in [1.82, 2.24) is 5.32 Å². The molecule has 2 rings (SSSR count). The lowest BCUT2D eigenvalue weighted by molar-refractivity contribution is 0.0938. The van der Waals surface area contributed by atoms with E-state index in [2.05, 4.69) is 10.6 Å². The number of methoxy groups -OCH3 is 1. The van der Waals surface area contributed by atoms with Crippen molar-refractivity contribution in [3.8, 4) is 0 Å². The molecule has 0 aliphatic rings. The van der Waals surface area contributed by atoms with Gasteiger partial charge < -0.3 is 15.4 Å². The van der Waals surface area contributed by atoms with Crippen LogP contribution in [0.15, 0.2) is 48.5 Å². The van der Waals surface area contributed by atoms with Gasteiger partial charge in [0.15, 0.2) is 0 Å². The Morgan fingerprint density at radius 1 is 1.03 bits per heavy atom. The molecule has 0 fully saturated rings. The smallest absolute Gasteiger partial charge is 0.255 e. The highest BCUT2D eigenvalue weighted by molar-refractivity contribution is 7.92. The van der Waals surface area contributed by atoms with Gasteiger partial charge in [-0.2, -0.15) is 0 Å². The molecule has 0 spiro atoms. The van der Waals surface area contributed by atoms with E-state index in [0.29, 0.717) is 35.7 Å². The van der Waals surface area contributed by atoms with Crippen LogP contribution >= 0.6 is 0 Å². The first kappa shape index (κ1) is 22.4. The summed E-state index contributed by atoms with van der Waals surface area (Å²) in [6.45, 7) is 2.76. The maximum absolute atomic E-state index is 12.6. The molecule has 0 saturated heterocycles. The first-order valence-corrected chi connectivity index (χ1v) is 10.9. The van der Waals surface area contributed by atoms with E-state index in [9.17, 15) is 18.0 Å². The average Bonchev–Trinajstić information content (AvgIpc) is 2.68. The summed E-state index contributed by atoms with van der Waals surface area (Å²) in [6, 6.07) is 12.9. The first-order valence-electron chi connectivity index (χ1n) is 9.03. The summed E-state index contributed by atoms with van der Waals surface area (Å²) in [7, 11) is -1.85. The molecule has 8 nitrogen and oxygen atoms in total. The highest BCUT2D eigenvalue weighted by Crippen LogP contribution is 2.20. The van der Waals surface area contributed by atoms with Crippen molar-refractivity contribution < 1.29 is 22.7 Å². The summed E-state index contributed by atoms with van der Waals surface area (Å²) in [4.78, 5) is 24.9. The molecule has 2 aromatic rings. The van der Waals surface area contributed by atoms with Crippen molar-refractivity contribution in [2.24, 2.45) is 0 Å². The summed E-state index contributed by atoms with van der Waals surface area (Å²) in [5, 5.41) is 5.44. The van der Waals surface area contributed by atoms with Crippen LogP contribution in [0.4, 0.5) is 11.4 Å². The summed E-state index contributed by atoms with van der Waals surface area (Å²) < 4.78 is 29.8.